The van der Waals surface area contributed by atoms with Gasteiger partial charge < -0.3 is 18.7 Å². The SMILES string of the molecule is CCOC(=O)c1cc(-c2ccccc2OCCCOc2ccccc2)on1. The minimum atomic E-state index is -0.510. The third-order valence-corrected chi connectivity index (χ3v) is 3.71. The lowest BCUT2D eigenvalue weighted by Crippen LogP contribution is -2.05. The van der Waals surface area contributed by atoms with Gasteiger partial charge in [0.15, 0.2) is 11.5 Å². The van der Waals surface area contributed by atoms with Gasteiger partial charge in [-0.2, -0.15) is 0 Å². The summed E-state index contributed by atoms with van der Waals surface area (Å²) in [6, 6.07) is 18.7. The zero-order valence-corrected chi connectivity index (χ0v) is 15.1. The average molecular weight is 367 g/mol. The van der Waals surface area contributed by atoms with Crippen LogP contribution in [0.4, 0.5) is 0 Å². The zero-order chi connectivity index (χ0) is 18.9. The molecule has 0 fully saturated rings. The highest BCUT2D eigenvalue weighted by Crippen LogP contribution is 2.30. The second kappa shape index (κ2) is 9.43. The highest BCUT2D eigenvalue weighted by molar-refractivity contribution is 5.88. The van der Waals surface area contributed by atoms with Crippen LogP contribution in [0, 0.1) is 0 Å². The van der Waals surface area contributed by atoms with Crippen molar-refractivity contribution in [3.05, 3.63) is 66.4 Å². The van der Waals surface area contributed by atoms with E-state index < -0.39 is 5.97 Å². The Balaban J connectivity index is 1.57. The van der Waals surface area contributed by atoms with E-state index in [1.165, 1.54) is 0 Å². The van der Waals surface area contributed by atoms with E-state index in [0.717, 1.165) is 17.7 Å². The van der Waals surface area contributed by atoms with Gasteiger partial charge in [0.25, 0.3) is 0 Å². The van der Waals surface area contributed by atoms with Crippen LogP contribution in [0.15, 0.2) is 65.2 Å². The van der Waals surface area contributed by atoms with Crippen molar-refractivity contribution in [1.29, 1.82) is 0 Å². The summed E-state index contributed by atoms with van der Waals surface area (Å²) >= 11 is 0. The highest BCUT2D eigenvalue weighted by atomic mass is 16.5. The molecular weight excluding hydrogens is 346 g/mol. The van der Waals surface area contributed by atoms with Crippen LogP contribution >= 0.6 is 0 Å². The van der Waals surface area contributed by atoms with E-state index >= 15 is 0 Å². The maximum atomic E-state index is 11.7. The van der Waals surface area contributed by atoms with E-state index in [4.69, 9.17) is 18.7 Å². The number of rotatable bonds is 9. The number of hydrogen-bond acceptors (Lipinski definition) is 6. The van der Waals surface area contributed by atoms with Crippen LogP contribution in [0.5, 0.6) is 11.5 Å². The lowest BCUT2D eigenvalue weighted by molar-refractivity contribution is 0.0514. The maximum absolute atomic E-state index is 11.7. The number of ether oxygens (including phenoxy) is 3. The number of para-hydroxylation sites is 2. The van der Waals surface area contributed by atoms with Gasteiger partial charge in [-0.25, -0.2) is 4.79 Å². The van der Waals surface area contributed by atoms with Gasteiger partial charge in [-0.3, -0.25) is 0 Å². The van der Waals surface area contributed by atoms with E-state index in [2.05, 4.69) is 5.16 Å². The normalized spacial score (nSPS) is 10.4. The summed E-state index contributed by atoms with van der Waals surface area (Å²) in [7, 11) is 0. The Hall–Kier alpha value is -3.28. The summed E-state index contributed by atoms with van der Waals surface area (Å²) in [5.74, 6) is 1.44. The molecule has 2 aromatic carbocycles. The van der Waals surface area contributed by atoms with E-state index in [9.17, 15) is 4.79 Å². The molecule has 27 heavy (non-hydrogen) atoms. The lowest BCUT2D eigenvalue weighted by atomic mass is 10.1. The molecule has 140 valence electrons. The lowest BCUT2D eigenvalue weighted by Gasteiger charge is -2.10. The average Bonchev–Trinajstić information content (AvgIpc) is 3.19. The Morgan fingerprint density at radius 3 is 2.56 bits per heavy atom. The molecule has 3 rings (SSSR count). The van der Waals surface area contributed by atoms with E-state index in [1.807, 2.05) is 54.6 Å². The molecule has 6 heteroatoms. The van der Waals surface area contributed by atoms with Crippen molar-refractivity contribution in [1.82, 2.24) is 5.16 Å². The van der Waals surface area contributed by atoms with Crippen LogP contribution in [0.2, 0.25) is 0 Å². The molecule has 1 heterocycles. The van der Waals surface area contributed by atoms with Crippen LogP contribution < -0.4 is 9.47 Å². The minimum absolute atomic E-state index is 0.137. The summed E-state index contributed by atoms with van der Waals surface area (Å²) < 4.78 is 21.7. The first kappa shape index (κ1) is 18.5. The maximum Gasteiger partial charge on any atom is 0.360 e. The van der Waals surface area contributed by atoms with Crippen LogP contribution in [0.3, 0.4) is 0 Å². The molecule has 0 bridgehead atoms. The Bertz CT molecular complexity index is 860. The van der Waals surface area contributed by atoms with E-state index in [-0.39, 0.29) is 12.3 Å². The fraction of sp³-hybridized carbons (Fsp3) is 0.238. The van der Waals surface area contributed by atoms with Crippen molar-refractivity contribution in [2.24, 2.45) is 0 Å². The van der Waals surface area contributed by atoms with Crippen LogP contribution in [0.1, 0.15) is 23.8 Å². The van der Waals surface area contributed by atoms with E-state index in [0.29, 0.717) is 24.7 Å². The smallest absolute Gasteiger partial charge is 0.360 e. The predicted octanol–water partition coefficient (Wildman–Crippen LogP) is 4.37. The summed E-state index contributed by atoms with van der Waals surface area (Å²) in [5, 5.41) is 3.77. The van der Waals surface area contributed by atoms with Crippen molar-refractivity contribution < 1.29 is 23.5 Å². The van der Waals surface area contributed by atoms with Crippen molar-refractivity contribution in [2.75, 3.05) is 19.8 Å². The largest absolute Gasteiger partial charge is 0.493 e. The molecule has 6 nitrogen and oxygen atoms in total. The standard InChI is InChI=1S/C21H21NO5/c1-2-24-21(23)18-15-20(27-22-18)17-11-6-7-12-19(17)26-14-8-13-25-16-9-4-3-5-10-16/h3-7,9-12,15H,2,8,13-14H2,1H3. The van der Waals surface area contributed by atoms with Crippen LogP contribution in [-0.2, 0) is 4.74 Å². The summed E-state index contributed by atoms with van der Waals surface area (Å²) in [6.07, 6.45) is 0.730. The molecule has 0 N–H and O–H groups in total. The van der Waals surface area contributed by atoms with E-state index in [1.54, 1.807) is 13.0 Å². The molecule has 3 aromatic rings. The highest BCUT2D eigenvalue weighted by Gasteiger charge is 2.17. The molecule has 0 unspecified atom stereocenters. The Morgan fingerprint density at radius 2 is 1.74 bits per heavy atom. The molecular formula is C21H21NO5. The quantitative estimate of drug-likeness (QED) is 0.413. The number of carbonyl (C=O) groups is 1. The second-order valence-electron chi connectivity index (χ2n) is 5.66. The first-order valence-electron chi connectivity index (χ1n) is 8.82. The van der Waals surface area contributed by atoms with Gasteiger partial charge in [-0.1, -0.05) is 35.5 Å². The molecule has 0 amide bonds. The monoisotopic (exact) mass is 367 g/mol. The predicted molar refractivity (Wildman–Crippen MR) is 99.9 cm³/mol. The number of hydrogen-bond donors (Lipinski definition) is 0. The minimum Gasteiger partial charge on any atom is -0.493 e. The van der Waals surface area contributed by atoms with Crippen LogP contribution in [0.25, 0.3) is 11.3 Å². The van der Waals surface area contributed by atoms with Gasteiger partial charge in [0.1, 0.15) is 11.5 Å². The number of nitrogens with zero attached hydrogens (tertiary/aromatic N) is 1. The van der Waals surface area contributed by atoms with Crippen molar-refractivity contribution >= 4 is 5.97 Å². The van der Waals surface area contributed by atoms with Crippen molar-refractivity contribution in [3.8, 4) is 22.8 Å². The van der Waals surface area contributed by atoms with Gasteiger partial charge in [-0.15, -0.1) is 0 Å². The Labute approximate surface area is 157 Å². The summed E-state index contributed by atoms with van der Waals surface area (Å²) in [5.41, 5.74) is 0.863. The van der Waals surface area contributed by atoms with Gasteiger partial charge >= 0.3 is 5.97 Å². The molecule has 0 spiro atoms. The van der Waals surface area contributed by atoms with Crippen LogP contribution in [-0.4, -0.2) is 30.9 Å². The number of aromatic nitrogens is 1. The molecule has 0 aliphatic carbocycles. The fourth-order valence-corrected chi connectivity index (χ4v) is 2.45. The molecule has 0 aliphatic heterocycles. The second-order valence-corrected chi connectivity index (χ2v) is 5.66. The molecule has 1 aromatic heterocycles. The van der Waals surface area contributed by atoms with Gasteiger partial charge in [0.05, 0.1) is 25.4 Å². The molecule has 0 saturated heterocycles. The number of carbonyl (C=O) groups excluding carboxylic acids is 1. The van der Waals surface area contributed by atoms with Gasteiger partial charge in [-0.05, 0) is 31.2 Å². The number of esters is 1. The fourth-order valence-electron chi connectivity index (χ4n) is 2.45. The zero-order valence-electron chi connectivity index (χ0n) is 15.1. The topological polar surface area (TPSA) is 70.8 Å². The van der Waals surface area contributed by atoms with Crippen molar-refractivity contribution in [2.45, 2.75) is 13.3 Å². The number of benzene rings is 2. The Kier molecular flexibility index (Phi) is 6.46. The third-order valence-electron chi connectivity index (χ3n) is 3.71. The summed E-state index contributed by atoms with van der Waals surface area (Å²) in [6.45, 7) is 3.07. The first-order valence-corrected chi connectivity index (χ1v) is 8.82. The molecule has 0 saturated carbocycles. The molecule has 0 atom stereocenters. The molecule has 0 radical (unpaired) electrons. The first-order chi connectivity index (χ1) is 13.3. The molecule has 0 aliphatic rings. The summed E-state index contributed by atoms with van der Waals surface area (Å²) in [4.78, 5) is 11.7. The Morgan fingerprint density at radius 1 is 1.00 bits per heavy atom. The van der Waals surface area contributed by atoms with Gasteiger partial charge in [0.2, 0.25) is 0 Å². The van der Waals surface area contributed by atoms with Gasteiger partial charge in [0, 0.05) is 12.5 Å². The third kappa shape index (κ3) is 5.10. The van der Waals surface area contributed by atoms with Crippen molar-refractivity contribution in [3.63, 3.8) is 0 Å².